The highest BCUT2D eigenvalue weighted by atomic mass is 16.1. The minimum absolute atomic E-state index is 0.186. The largest absolute Gasteiger partial charge is 0.370 e. The summed E-state index contributed by atoms with van der Waals surface area (Å²) in [4.78, 5) is 17.1. The van der Waals surface area contributed by atoms with Crippen LogP contribution in [0.15, 0.2) is 12.1 Å². The van der Waals surface area contributed by atoms with Crippen molar-refractivity contribution in [3.63, 3.8) is 0 Å². The third kappa shape index (κ3) is 3.34. The Bertz CT molecular complexity index is 456. The first kappa shape index (κ1) is 14.0. The Morgan fingerprint density at radius 2 is 2.21 bits per heavy atom. The molecule has 104 valence electrons. The molecule has 1 aliphatic rings. The third-order valence-electron chi connectivity index (χ3n) is 3.95. The van der Waals surface area contributed by atoms with Gasteiger partial charge in [-0.15, -0.1) is 0 Å². The quantitative estimate of drug-likeness (QED) is 0.836. The number of ketones is 1. The van der Waals surface area contributed by atoms with E-state index in [1.807, 2.05) is 26.0 Å². The molecule has 1 heterocycles. The molecule has 0 bridgehead atoms. The fourth-order valence-corrected chi connectivity index (χ4v) is 2.95. The molecule has 3 heteroatoms. The standard InChI is InChI=1S/C16H24N2O/c1-4-17-16-14(9-8-12(3)18-16)15(19)13-7-5-6-11(2)10-13/h8-9,11,13H,4-7,10H2,1-3H3,(H,17,18). The molecule has 0 saturated heterocycles. The van der Waals surface area contributed by atoms with E-state index in [1.165, 1.54) is 12.8 Å². The van der Waals surface area contributed by atoms with Gasteiger partial charge in [0.15, 0.2) is 5.78 Å². The van der Waals surface area contributed by atoms with Crippen LogP contribution in [0.2, 0.25) is 0 Å². The summed E-state index contributed by atoms with van der Waals surface area (Å²) in [6, 6.07) is 3.86. The maximum atomic E-state index is 12.7. The van der Waals surface area contributed by atoms with E-state index in [2.05, 4.69) is 17.2 Å². The molecule has 2 atom stereocenters. The maximum Gasteiger partial charge on any atom is 0.169 e. The van der Waals surface area contributed by atoms with Gasteiger partial charge in [0, 0.05) is 18.2 Å². The number of pyridine rings is 1. The fraction of sp³-hybridized carbons (Fsp3) is 0.625. The molecule has 0 radical (unpaired) electrons. The van der Waals surface area contributed by atoms with Crippen LogP contribution in [0.4, 0.5) is 5.82 Å². The molecule has 1 aromatic heterocycles. The lowest BCUT2D eigenvalue weighted by atomic mass is 9.79. The topological polar surface area (TPSA) is 42.0 Å². The van der Waals surface area contributed by atoms with Gasteiger partial charge in [0.25, 0.3) is 0 Å². The molecule has 2 rings (SSSR count). The van der Waals surface area contributed by atoms with Crippen LogP contribution in [0.3, 0.4) is 0 Å². The van der Waals surface area contributed by atoms with E-state index in [1.54, 1.807) is 0 Å². The lowest BCUT2D eigenvalue weighted by molar-refractivity contribution is 0.0869. The van der Waals surface area contributed by atoms with Crippen molar-refractivity contribution < 1.29 is 4.79 Å². The van der Waals surface area contributed by atoms with Crippen LogP contribution in [-0.2, 0) is 0 Å². The molecule has 1 aliphatic carbocycles. The second kappa shape index (κ2) is 6.18. The number of hydrogen-bond acceptors (Lipinski definition) is 3. The van der Waals surface area contributed by atoms with Crippen molar-refractivity contribution in [3.05, 3.63) is 23.4 Å². The van der Waals surface area contributed by atoms with Crippen molar-refractivity contribution in [2.24, 2.45) is 11.8 Å². The van der Waals surface area contributed by atoms with E-state index in [9.17, 15) is 4.79 Å². The number of aromatic nitrogens is 1. The van der Waals surface area contributed by atoms with E-state index in [0.717, 1.165) is 36.5 Å². The normalized spacial score (nSPS) is 23.1. The second-order valence-electron chi connectivity index (χ2n) is 5.71. The molecule has 0 amide bonds. The van der Waals surface area contributed by atoms with Gasteiger partial charge in [0.1, 0.15) is 5.82 Å². The van der Waals surface area contributed by atoms with Gasteiger partial charge in [-0.25, -0.2) is 4.98 Å². The van der Waals surface area contributed by atoms with E-state index >= 15 is 0 Å². The zero-order chi connectivity index (χ0) is 13.8. The van der Waals surface area contributed by atoms with Crippen molar-refractivity contribution >= 4 is 11.6 Å². The summed E-state index contributed by atoms with van der Waals surface area (Å²) >= 11 is 0. The summed E-state index contributed by atoms with van der Waals surface area (Å²) in [5, 5.41) is 3.22. The first-order chi connectivity index (χ1) is 9.11. The average molecular weight is 260 g/mol. The highest BCUT2D eigenvalue weighted by Gasteiger charge is 2.27. The molecule has 1 saturated carbocycles. The minimum Gasteiger partial charge on any atom is -0.370 e. The van der Waals surface area contributed by atoms with Crippen LogP contribution < -0.4 is 5.32 Å². The molecule has 1 fully saturated rings. The summed E-state index contributed by atoms with van der Waals surface area (Å²) < 4.78 is 0. The number of rotatable bonds is 4. The Morgan fingerprint density at radius 3 is 2.89 bits per heavy atom. The molecule has 0 spiro atoms. The summed E-state index contributed by atoms with van der Waals surface area (Å²) in [5.41, 5.74) is 1.72. The van der Waals surface area contributed by atoms with Gasteiger partial charge in [-0.3, -0.25) is 4.79 Å². The van der Waals surface area contributed by atoms with Crippen molar-refractivity contribution in [1.29, 1.82) is 0 Å². The average Bonchev–Trinajstić information content (AvgIpc) is 2.39. The van der Waals surface area contributed by atoms with Crippen LogP contribution in [0.1, 0.15) is 55.6 Å². The summed E-state index contributed by atoms with van der Waals surface area (Å²) in [5.74, 6) is 1.88. The first-order valence-electron chi connectivity index (χ1n) is 7.37. The van der Waals surface area contributed by atoms with Gasteiger partial charge in [-0.1, -0.05) is 19.8 Å². The Labute approximate surface area is 115 Å². The highest BCUT2D eigenvalue weighted by Crippen LogP contribution is 2.32. The molecule has 0 aliphatic heterocycles. The van der Waals surface area contributed by atoms with E-state index in [4.69, 9.17) is 0 Å². The number of anilines is 1. The van der Waals surface area contributed by atoms with E-state index in [0.29, 0.717) is 5.92 Å². The number of carbonyl (C=O) groups excluding carboxylic acids is 1. The van der Waals surface area contributed by atoms with Gasteiger partial charge in [-0.05, 0) is 44.7 Å². The number of nitrogens with one attached hydrogen (secondary N) is 1. The fourth-order valence-electron chi connectivity index (χ4n) is 2.95. The van der Waals surface area contributed by atoms with Gasteiger partial charge in [0.2, 0.25) is 0 Å². The van der Waals surface area contributed by atoms with Crippen molar-refractivity contribution in [1.82, 2.24) is 4.98 Å². The molecule has 19 heavy (non-hydrogen) atoms. The van der Waals surface area contributed by atoms with Crippen molar-refractivity contribution in [2.45, 2.75) is 46.5 Å². The van der Waals surface area contributed by atoms with Crippen molar-refractivity contribution in [2.75, 3.05) is 11.9 Å². The Hall–Kier alpha value is -1.38. The Kier molecular flexibility index (Phi) is 4.56. The number of aryl methyl sites for hydroxylation is 1. The predicted molar refractivity (Wildman–Crippen MR) is 78.6 cm³/mol. The molecular weight excluding hydrogens is 236 g/mol. The first-order valence-corrected chi connectivity index (χ1v) is 7.37. The highest BCUT2D eigenvalue weighted by molar-refractivity contribution is 6.02. The molecule has 2 unspecified atom stereocenters. The van der Waals surface area contributed by atoms with Crippen LogP contribution in [0, 0.1) is 18.8 Å². The zero-order valence-corrected chi connectivity index (χ0v) is 12.2. The lowest BCUT2D eigenvalue weighted by Gasteiger charge is -2.26. The summed E-state index contributed by atoms with van der Waals surface area (Å²) in [7, 11) is 0. The van der Waals surface area contributed by atoms with Gasteiger partial charge in [-0.2, -0.15) is 0 Å². The lowest BCUT2D eigenvalue weighted by Crippen LogP contribution is -2.23. The smallest absolute Gasteiger partial charge is 0.169 e. The Morgan fingerprint density at radius 1 is 1.42 bits per heavy atom. The van der Waals surface area contributed by atoms with Gasteiger partial charge < -0.3 is 5.32 Å². The van der Waals surface area contributed by atoms with Crippen LogP contribution >= 0.6 is 0 Å². The van der Waals surface area contributed by atoms with Crippen LogP contribution in [0.5, 0.6) is 0 Å². The van der Waals surface area contributed by atoms with E-state index in [-0.39, 0.29) is 11.7 Å². The van der Waals surface area contributed by atoms with Crippen LogP contribution in [-0.4, -0.2) is 17.3 Å². The third-order valence-corrected chi connectivity index (χ3v) is 3.95. The van der Waals surface area contributed by atoms with Gasteiger partial charge in [0.05, 0.1) is 5.56 Å². The molecule has 3 nitrogen and oxygen atoms in total. The van der Waals surface area contributed by atoms with Crippen LogP contribution in [0.25, 0.3) is 0 Å². The zero-order valence-electron chi connectivity index (χ0n) is 12.2. The number of Topliss-reactive ketones (excluding diaryl/α,β-unsaturated/α-hetero) is 1. The SMILES string of the molecule is CCNc1nc(C)ccc1C(=O)C1CCCC(C)C1. The number of hydrogen-bond donors (Lipinski definition) is 1. The van der Waals surface area contributed by atoms with Gasteiger partial charge >= 0.3 is 0 Å². The molecular formula is C16H24N2O. The molecule has 1 N–H and O–H groups in total. The molecule has 1 aromatic rings. The predicted octanol–water partition coefficient (Wildman–Crippen LogP) is 3.83. The Balaban J connectivity index is 2.22. The monoisotopic (exact) mass is 260 g/mol. The number of nitrogens with zero attached hydrogens (tertiary/aromatic N) is 1. The molecule has 0 aromatic carbocycles. The minimum atomic E-state index is 0.186. The van der Waals surface area contributed by atoms with Crippen molar-refractivity contribution in [3.8, 4) is 0 Å². The van der Waals surface area contributed by atoms with E-state index < -0.39 is 0 Å². The maximum absolute atomic E-state index is 12.7. The summed E-state index contributed by atoms with van der Waals surface area (Å²) in [6.45, 7) is 7.02. The number of carbonyl (C=O) groups is 1. The second-order valence-corrected chi connectivity index (χ2v) is 5.71. The summed E-state index contributed by atoms with van der Waals surface area (Å²) in [6.07, 6.45) is 4.49.